The van der Waals surface area contributed by atoms with Crippen LogP contribution in [0.25, 0.3) is 67.1 Å². The average molecular weight is 628 g/mol. The van der Waals surface area contributed by atoms with Gasteiger partial charge in [0.2, 0.25) is 0 Å². The summed E-state index contributed by atoms with van der Waals surface area (Å²) in [6.07, 6.45) is 4.42. The van der Waals surface area contributed by atoms with E-state index < -0.39 is 0 Å². The summed E-state index contributed by atoms with van der Waals surface area (Å²) in [5.74, 6) is 0. The molecule has 1 heteroatoms. The summed E-state index contributed by atoms with van der Waals surface area (Å²) < 4.78 is 0. The number of fused-ring (bicyclic) bond motifs is 3. The number of rotatable bonds is 6. The lowest BCUT2D eigenvalue weighted by molar-refractivity contribution is 1.29. The number of benzene rings is 8. The van der Waals surface area contributed by atoms with Crippen LogP contribution in [0.5, 0.6) is 0 Å². The van der Waals surface area contributed by atoms with Crippen molar-refractivity contribution in [3.05, 3.63) is 186 Å². The predicted octanol–water partition coefficient (Wildman–Crippen LogP) is 12.1. The molecule has 1 nitrogen and oxygen atoms in total. The van der Waals surface area contributed by atoms with Crippen LogP contribution in [0, 0.1) is 0 Å². The molecule has 0 fully saturated rings. The second kappa shape index (κ2) is 13.1. The third-order valence-electron chi connectivity index (χ3n) is 9.60. The first-order valence-corrected chi connectivity index (χ1v) is 17.0. The van der Waals surface area contributed by atoms with Gasteiger partial charge in [0.25, 0.3) is 0 Å². The molecule has 8 rings (SSSR count). The Morgan fingerprint density at radius 1 is 0.347 bits per heavy atom. The molecule has 0 unspecified atom stereocenters. The molecule has 0 heterocycles. The fourth-order valence-corrected chi connectivity index (χ4v) is 7.07. The van der Waals surface area contributed by atoms with Gasteiger partial charge in [0, 0.05) is 17.1 Å². The minimum atomic E-state index is 1.11. The van der Waals surface area contributed by atoms with E-state index in [0.29, 0.717) is 0 Å². The Morgan fingerprint density at radius 2 is 0.837 bits per heavy atom. The molecule has 0 bridgehead atoms. The van der Waals surface area contributed by atoms with Crippen molar-refractivity contribution < 1.29 is 0 Å². The molecule has 0 radical (unpaired) electrons. The van der Waals surface area contributed by atoms with Crippen LogP contribution in [-0.4, -0.2) is 0 Å². The standard InChI is InChI=1S/C48H37N/c1-3-34-23-30-47-46(45(34)4-2)31-24-39-22-29-44(33-48(39)47)49(42-25-18-37(19-26-42)35-12-7-5-8-13-35)43-27-20-38(21-28-43)41-17-11-16-40(32-41)36-14-9-6-10-15-36/h3-33H,1-2H3. The second-order valence-electron chi connectivity index (χ2n) is 12.5. The first kappa shape index (κ1) is 30.2. The molecular weight excluding hydrogens is 591 g/mol. The zero-order chi connectivity index (χ0) is 33.2. The van der Waals surface area contributed by atoms with Gasteiger partial charge in [0.1, 0.15) is 0 Å². The van der Waals surface area contributed by atoms with Crippen LogP contribution in [0.2, 0.25) is 0 Å². The minimum absolute atomic E-state index is 1.11. The van der Waals surface area contributed by atoms with E-state index in [2.05, 4.69) is 207 Å². The monoisotopic (exact) mass is 627 g/mol. The summed E-state index contributed by atoms with van der Waals surface area (Å²) in [6.45, 7) is 4.24. The van der Waals surface area contributed by atoms with Crippen LogP contribution in [0.4, 0.5) is 17.1 Å². The van der Waals surface area contributed by atoms with Crippen LogP contribution >= 0.6 is 0 Å². The summed E-state index contributed by atoms with van der Waals surface area (Å²) in [7, 11) is 0. The van der Waals surface area contributed by atoms with Gasteiger partial charge in [-0.3, -0.25) is 0 Å². The van der Waals surface area contributed by atoms with Crippen molar-refractivity contribution in [3.8, 4) is 33.4 Å². The van der Waals surface area contributed by atoms with E-state index in [9.17, 15) is 0 Å². The maximum absolute atomic E-state index is 2.37. The lowest BCUT2D eigenvalue weighted by Gasteiger charge is -2.26. The van der Waals surface area contributed by atoms with Gasteiger partial charge in [-0.1, -0.05) is 146 Å². The lowest BCUT2D eigenvalue weighted by atomic mass is 9.98. The molecule has 0 aliphatic carbocycles. The molecule has 0 aliphatic heterocycles. The van der Waals surface area contributed by atoms with Gasteiger partial charge in [0.05, 0.1) is 0 Å². The van der Waals surface area contributed by atoms with Crippen molar-refractivity contribution >= 4 is 50.8 Å². The molecule has 234 valence electrons. The molecule has 0 spiro atoms. The van der Waals surface area contributed by atoms with E-state index >= 15 is 0 Å². The number of hydrogen-bond acceptors (Lipinski definition) is 1. The van der Waals surface area contributed by atoms with Gasteiger partial charge >= 0.3 is 0 Å². The van der Waals surface area contributed by atoms with Gasteiger partial charge in [-0.15, -0.1) is 0 Å². The highest BCUT2D eigenvalue weighted by atomic mass is 15.1. The fraction of sp³-hybridized carbons (Fsp3) is 0.0417. The van der Waals surface area contributed by atoms with Crippen LogP contribution in [0.15, 0.2) is 176 Å². The van der Waals surface area contributed by atoms with E-state index in [-0.39, 0.29) is 0 Å². The first-order chi connectivity index (χ1) is 24.2. The van der Waals surface area contributed by atoms with Crippen LogP contribution in [0.1, 0.15) is 13.8 Å². The Morgan fingerprint density at radius 3 is 1.43 bits per heavy atom. The number of hydrogen-bond donors (Lipinski definition) is 0. The highest BCUT2D eigenvalue weighted by Crippen LogP contribution is 2.39. The fourth-order valence-electron chi connectivity index (χ4n) is 7.07. The normalized spacial score (nSPS) is 12.1. The second-order valence-corrected chi connectivity index (χ2v) is 12.5. The summed E-state index contributed by atoms with van der Waals surface area (Å²) in [5.41, 5.74) is 10.6. The van der Waals surface area contributed by atoms with Crippen molar-refractivity contribution in [2.24, 2.45) is 0 Å². The van der Waals surface area contributed by atoms with Crippen molar-refractivity contribution in [2.75, 3.05) is 4.90 Å². The number of nitrogens with zero attached hydrogens (tertiary/aromatic N) is 1. The van der Waals surface area contributed by atoms with Crippen LogP contribution in [0.3, 0.4) is 0 Å². The Balaban J connectivity index is 1.25. The van der Waals surface area contributed by atoms with Crippen LogP contribution in [-0.2, 0) is 0 Å². The molecule has 8 aromatic carbocycles. The third-order valence-corrected chi connectivity index (χ3v) is 9.60. The highest BCUT2D eigenvalue weighted by Gasteiger charge is 2.15. The Hall–Kier alpha value is -6.18. The van der Waals surface area contributed by atoms with E-state index in [4.69, 9.17) is 0 Å². The third kappa shape index (κ3) is 5.81. The molecular formula is C48H37N. The molecule has 0 aromatic heterocycles. The maximum Gasteiger partial charge on any atom is 0.0468 e. The highest BCUT2D eigenvalue weighted by molar-refractivity contribution is 6.09. The largest absolute Gasteiger partial charge is 0.310 e. The van der Waals surface area contributed by atoms with Gasteiger partial charge < -0.3 is 4.90 Å². The Kier molecular flexibility index (Phi) is 8.09. The predicted molar refractivity (Wildman–Crippen MR) is 212 cm³/mol. The first-order valence-electron chi connectivity index (χ1n) is 17.0. The van der Waals surface area contributed by atoms with Gasteiger partial charge in [-0.05, 0) is 122 Å². The molecule has 0 saturated heterocycles. The Bertz CT molecular complexity index is 2530. The summed E-state index contributed by atoms with van der Waals surface area (Å²) in [4.78, 5) is 2.37. The maximum atomic E-state index is 2.37. The lowest BCUT2D eigenvalue weighted by Crippen LogP contribution is -2.24. The summed E-state index contributed by atoms with van der Waals surface area (Å²) >= 11 is 0. The Labute approximate surface area is 288 Å². The van der Waals surface area contributed by atoms with Crippen molar-refractivity contribution in [3.63, 3.8) is 0 Å². The van der Waals surface area contributed by atoms with Crippen molar-refractivity contribution in [2.45, 2.75) is 13.8 Å². The number of anilines is 3. The average Bonchev–Trinajstić information content (AvgIpc) is 3.18. The van der Waals surface area contributed by atoms with Gasteiger partial charge in [-0.2, -0.15) is 0 Å². The van der Waals surface area contributed by atoms with E-state index in [1.54, 1.807) is 0 Å². The van der Waals surface area contributed by atoms with Crippen LogP contribution < -0.4 is 15.3 Å². The van der Waals surface area contributed by atoms with E-state index in [1.165, 1.54) is 65.4 Å². The molecule has 0 atom stereocenters. The zero-order valence-electron chi connectivity index (χ0n) is 27.8. The quantitative estimate of drug-likeness (QED) is 0.166. The smallest absolute Gasteiger partial charge is 0.0468 e. The zero-order valence-corrected chi connectivity index (χ0v) is 27.8. The molecule has 0 saturated carbocycles. The van der Waals surface area contributed by atoms with E-state index in [1.807, 2.05) is 0 Å². The van der Waals surface area contributed by atoms with E-state index in [0.717, 1.165) is 17.1 Å². The van der Waals surface area contributed by atoms with Gasteiger partial charge in [0.15, 0.2) is 0 Å². The minimum Gasteiger partial charge on any atom is -0.310 e. The SMILES string of the molecule is CC=c1ccc2c(ccc3ccc(N(c4ccc(-c5ccccc5)cc4)c4ccc(-c5cccc(-c6ccccc6)c5)cc4)cc32)c1=CC. The van der Waals surface area contributed by atoms with Crippen molar-refractivity contribution in [1.82, 2.24) is 0 Å². The molecule has 0 N–H and O–H groups in total. The molecule has 8 aromatic rings. The molecule has 49 heavy (non-hydrogen) atoms. The summed E-state index contributed by atoms with van der Waals surface area (Å²) in [5, 5.41) is 7.59. The van der Waals surface area contributed by atoms with Crippen molar-refractivity contribution in [1.29, 1.82) is 0 Å². The summed E-state index contributed by atoms with van der Waals surface area (Å²) in [6, 6.07) is 63.8. The molecule has 0 amide bonds. The molecule has 0 aliphatic rings. The van der Waals surface area contributed by atoms with Gasteiger partial charge in [-0.25, -0.2) is 0 Å². The topological polar surface area (TPSA) is 3.24 Å².